The zero-order chi connectivity index (χ0) is 8.55. The lowest BCUT2D eigenvalue weighted by Gasteiger charge is -1.96. The van der Waals surface area contributed by atoms with Crippen LogP contribution < -0.4 is 0 Å². The molecule has 0 N–H and O–H groups in total. The number of rotatable bonds is 0. The van der Waals surface area contributed by atoms with E-state index in [4.69, 9.17) is 0 Å². The van der Waals surface area contributed by atoms with Gasteiger partial charge in [0, 0.05) is 37.7 Å². The van der Waals surface area contributed by atoms with Crippen molar-refractivity contribution in [2.45, 2.75) is 0 Å². The Labute approximate surface area is 97.1 Å². The van der Waals surface area contributed by atoms with Crippen LogP contribution in [-0.2, 0) is 0 Å². The molecule has 0 radical (unpaired) electrons. The quantitative estimate of drug-likeness (QED) is 0.518. The highest BCUT2D eigenvalue weighted by molar-refractivity contribution is 14.1. The lowest BCUT2D eigenvalue weighted by molar-refractivity contribution is 1.15. The molecular weight excluding hydrogens is 378 g/mol. The van der Waals surface area contributed by atoms with E-state index in [1.54, 1.807) is 0 Å². The first-order valence-corrected chi connectivity index (χ1v) is 5.49. The van der Waals surface area contributed by atoms with Gasteiger partial charge in [0.25, 0.3) is 0 Å². The summed E-state index contributed by atoms with van der Waals surface area (Å²) in [5.74, 6) is 0. The molecule has 2 rings (SSSR count). The molecule has 1 aromatic carbocycles. The Hall–Kier alpha value is 0.0200. The minimum absolute atomic E-state index is 0.793. The topological polar surface area (TPSA) is 25.8 Å². The third-order valence-corrected chi connectivity index (χ3v) is 2.70. The zero-order valence-electron chi connectivity index (χ0n) is 5.96. The van der Waals surface area contributed by atoms with Gasteiger partial charge in [-0.2, -0.15) is 0 Å². The molecule has 60 valence electrons. The van der Waals surface area contributed by atoms with E-state index in [9.17, 15) is 0 Å². The Bertz CT molecular complexity index is 387. The van der Waals surface area contributed by atoms with E-state index in [0.717, 1.165) is 14.7 Å². The van der Waals surface area contributed by atoms with Crippen LogP contribution >= 0.6 is 45.2 Å². The number of benzene rings is 1. The molecule has 0 spiro atoms. The molecule has 0 unspecified atom stereocenters. The van der Waals surface area contributed by atoms with Crippen LogP contribution in [0.3, 0.4) is 0 Å². The molecule has 2 nitrogen and oxygen atoms in total. The first-order chi connectivity index (χ1) is 5.75. The highest BCUT2D eigenvalue weighted by Gasteiger charge is 1.96. The van der Waals surface area contributed by atoms with Crippen molar-refractivity contribution in [2.24, 2.45) is 0 Å². The summed E-state index contributed by atoms with van der Waals surface area (Å²) in [4.78, 5) is 8.41. The Balaban J connectivity index is 2.79. The van der Waals surface area contributed by atoms with Gasteiger partial charge < -0.3 is 0 Å². The molecule has 0 amide bonds. The van der Waals surface area contributed by atoms with Gasteiger partial charge in [0.1, 0.15) is 0 Å². The zero-order valence-corrected chi connectivity index (χ0v) is 10.3. The first-order valence-electron chi connectivity index (χ1n) is 3.33. The third-order valence-electron chi connectivity index (χ3n) is 1.51. The van der Waals surface area contributed by atoms with E-state index < -0.39 is 0 Å². The van der Waals surface area contributed by atoms with Gasteiger partial charge in [-0.25, -0.2) is 9.97 Å². The van der Waals surface area contributed by atoms with Crippen LogP contribution in [0.15, 0.2) is 24.4 Å². The maximum atomic E-state index is 4.29. The van der Waals surface area contributed by atoms with Crippen molar-refractivity contribution in [3.63, 3.8) is 0 Å². The summed E-state index contributed by atoms with van der Waals surface area (Å²) >= 11 is 4.39. The largest absolute Gasteiger partial charge is 0.231 e. The highest BCUT2D eigenvalue weighted by Crippen LogP contribution is 2.14. The summed E-state index contributed by atoms with van der Waals surface area (Å²) in [6, 6.07) is 6.14. The smallest absolute Gasteiger partial charge is 0.191 e. The standard InChI is InChI=1S/C8H4I2N2/c9-6-1-2-7-5(3-6)4-11-8(10)12-7/h1-4H. The molecule has 0 fully saturated rings. The van der Waals surface area contributed by atoms with Crippen LogP contribution in [0.25, 0.3) is 10.9 Å². The summed E-state index contributed by atoms with van der Waals surface area (Å²) in [6.45, 7) is 0. The normalized spacial score (nSPS) is 10.5. The summed E-state index contributed by atoms with van der Waals surface area (Å²) in [6.07, 6.45) is 1.85. The van der Waals surface area contributed by atoms with Crippen molar-refractivity contribution in [3.05, 3.63) is 31.8 Å². The van der Waals surface area contributed by atoms with E-state index in [0.29, 0.717) is 0 Å². The molecule has 0 saturated heterocycles. The maximum Gasteiger partial charge on any atom is 0.191 e. The Morgan fingerprint density at radius 3 is 2.83 bits per heavy atom. The van der Waals surface area contributed by atoms with E-state index in [1.807, 2.05) is 18.3 Å². The maximum absolute atomic E-state index is 4.29. The van der Waals surface area contributed by atoms with E-state index >= 15 is 0 Å². The third kappa shape index (κ3) is 1.68. The Kier molecular flexibility index (Phi) is 2.44. The second-order valence-corrected chi connectivity index (χ2v) is 4.55. The van der Waals surface area contributed by atoms with Crippen molar-refractivity contribution >= 4 is 56.1 Å². The molecule has 0 atom stereocenters. The fourth-order valence-electron chi connectivity index (χ4n) is 0.982. The van der Waals surface area contributed by atoms with Gasteiger partial charge in [-0.15, -0.1) is 0 Å². The van der Waals surface area contributed by atoms with Crippen molar-refractivity contribution in [2.75, 3.05) is 0 Å². The van der Waals surface area contributed by atoms with Gasteiger partial charge in [-0.1, -0.05) is 0 Å². The number of hydrogen-bond acceptors (Lipinski definition) is 2. The highest BCUT2D eigenvalue weighted by atomic mass is 127. The van der Waals surface area contributed by atoms with Gasteiger partial charge in [-0.3, -0.25) is 0 Å². The molecule has 0 aliphatic rings. The molecule has 0 aliphatic heterocycles. The first kappa shape index (κ1) is 8.61. The molecule has 0 aliphatic carbocycles. The molecule has 2 aromatic rings. The molecule has 1 aromatic heterocycles. The summed E-state index contributed by atoms with van der Waals surface area (Å²) in [5.41, 5.74) is 1.01. The minimum Gasteiger partial charge on any atom is -0.231 e. The van der Waals surface area contributed by atoms with E-state index in [2.05, 4.69) is 61.2 Å². The van der Waals surface area contributed by atoms with Gasteiger partial charge in [0.2, 0.25) is 0 Å². The summed E-state index contributed by atoms with van der Waals surface area (Å²) < 4.78 is 2.01. The summed E-state index contributed by atoms with van der Waals surface area (Å²) in [7, 11) is 0. The van der Waals surface area contributed by atoms with Gasteiger partial charge in [-0.05, 0) is 40.8 Å². The van der Waals surface area contributed by atoms with Crippen molar-refractivity contribution in [3.8, 4) is 0 Å². The van der Waals surface area contributed by atoms with Crippen molar-refractivity contribution in [1.82, 2.24) is 9.97 Å². The average molecular weight is 382 g/mol. The number of aromatic nitrogens is 2. The SMILES string of the molecule is Ic1ccc2nc(I)ncc2c1. The van der Waals surface area contributed by atoms with Gasteiger partial charge in [0.05, 0.1) is 5.52 Å². The second kappa shape index (κ2) is 3.41. The molecule has 4 heteroatoms. The van der Waals surface area contributed by atoms with Crippen LogP contribution in [-0.4, -0.2) is 9.97 Å². The fraction of sp³-hybridized carbons (Fsp3) is 0. The van der Waals surface area contributed by atoms with Crippen LogP contribution in [0, 0.1) is 7.40 Å². The number of halogens is 2. The van der Waals surface area contributed by atoms with Gasteiger partial charge in [0.15, 0.2) is 3.83 Å². The van der Waals surface area contributed by atoms with Crippen LogP contribution in [0.4, 0.5) is 0 Å². The van der Waals surface area contributed by atoms with Crippen molar-refractivity contribution in [1.29, 1.82) is 0 Å². The minimum atomic E-state index is 0.793. The van der Waals surface area contributed by atoms with Crippen molar-refractivity contribution < 1.29 is 0 Å². The Morgan fingerprint density at radius 2 is 2.00 bits per heavy atom. The average Bonchev–Trinajstić information content (AvgIpc) is 2.05. The molecule has 1 heterocycles. The Morgan fingerprint density at radius 1 is 1.17 bits per heavy atom. The van der Waals surface area contributed by atoms with Gasteiger partial charge >= 0.3 is 0 Å². The lowest BCUT2D eigenvalue weighted by atomic mass is 10.2. The monoisotopic (exact) mass is 382 g/mol. The molecular formula is C8H4I2N2. The van der Waals surface area contributed by atoms with Crippen LogP contribution in [0.2, 0.25) is 0 Å². The molecule has 12 heavy (non-hydrogen) atoms. The van der Waals surface area contributed by atoms with E-state index in [-0.39, 0.29) is 0 Å². The predicted octanol–water partition coefficient (Wildman–Crippen LogP) is 2.84. The number of nitrogens with zero attached hydrogens (tertiary/aromatic N) is 2. The summed E-state index contributed by atoms with van der Waals surface area (Å²) in [5, 5.41) is 1.10. The predicted molar refractivity (Wildman–Crippen MR) is 65.0 cm³/mol. The fourth-order valence-corrected chi connectivity index (χ4v) is 1.90. The number of fused-ring (bicyclic) bond motifs is 1. The van der Waals surface area contributed by atoms with Crippen LogP contribution in [0.1, 0.15) is 0 Å². The van der Waals surface area contributed by atoms with E-state index in [1.165, 1.54) is 3.57 Å². The second-order valence-electron chi connectivity index (χ2n) is 2.34. The number of hydrogen-bond donors (Lipinski definition) is 0. The molecule has 0 bridgehead atoms. The lowest BCUT2D eigenvalue weighted by Crippen LogP contribution is -1.87. The molecule has 0 saturated carbocycles. The van der Waals surface area contributed by atoms with Crippen LogP contribution in [0.5, 0.6) is 0 Å².